The Hall–Kier alpha value is -0.900. The lowest BCUT2D eigenvalue weighted by Gasteiger charge is -2.32. The minimum Gasteiger partial charge on any atom is -0.381 e. The lowest BCUT2D eigenvalue weighted by Crippen LogP contribution is -2.41. The summed E-state index contributed by atoms with van der Waals surface area (Å²) in [5, 5.41) is 3.74. The SMILES string of the molecule is COC1CCCC(NCC(c2ccccc2)N(C)C)C1. The molecule has 0 amide bonds. The molecule has 0 aromatic heterocycles. The molecule has 0 aliphatic heterocycles. The Morgan fingerprint density at radius 3 is 2.65 bits per heavy atom. The van der Waals surface area contributed by atoms with Gasteiger partial charge in [-0.1, -0.05) is 30.3 Å². The van der Waals surface area contributed by atoms with Gasteiger partial charge in [-0.05, 0) is 45.3 Å². The van der Waals surface area contributed by atoms with Gasteiger partial charge in [-0.25, -0.2) is 0 Å². The molecule has 3 atom stereocenters. The van der Waals surface area contributed by atoms with Crippen LogP contribution >= 0.6 is 0 Å². The van der Waals surface area contributed by atoms with Crippen molar-refractivity contribution in [3.05, 3.63) is 35.9 Å². The number of nitrogens with zero attached hydrogens (tertiary/aromatic N) is 1. The minimum absolute atomic E-state index is 0.430. The summed E-state index contributed by atoms with van der Waals surface area (Å²) >= 11 is 0. The summed E-state index contributed by atoms with van der Waals surface area (Å²) in [5.41, 5.74) is 1.38. The Kier molecular flexibility index (Phi) is 6.02. The largest absolute Gasteiger partial charge is 0.381 e. The highest BCUT2D eigenvalue weighted by Crippen LogP contribution is 2.22. The monoisotopic (exact) mass is 276 g/mol. The molecule has 0 heterocycles. The van der Waals surface area contributed by atoms with E-state index in [-0.39, 0.29) is 0 Å². The van der Waals surface area contributed by atoms with E-state index >= 15 is 0 Å². The molecule has 1 aromatic carbocycles. The zero-order valence-corrected chi connectivity index (χ0v) is 13.0. The number of ether oxygens (including phenoxy) is 1. The molecule has 1 N–H and O–H groups in total. The molecule has 1 aliphatic carbocycles. The van der Waals surface area contributed by atoms with Crippen LogP contribution in [0.2, 0.25) is 0 Å². The van der Waals surface area contributed by atoms with Crippen LogP contribution in [-0.4, -0.2) is 44.8 Å². The third-order valence-corrected chi connectivity index (χ3v) is 4.37. The second kappa shape index (κ2) is 7.77. The van der Waals surface area contributed by atoms with Crippen LogP contribution in [0, 0.1) is 0 Å². The van der Waals surface area contributed by atoms with Crippen LogP contribution < -0.4 is 5.32 Å². The summed E-state index contributed by atoms with van der Waals surface area (Å²) in [4.78, 5) is 2.29. The molecule has 1 aliphatic rings. The molecule has 1 aromatic rings. The lowest BCUT2D eigenvalue weighted by molar-refractivity contribution is 0.0577. The molecule has 3 heteroatoms. The van der Waals surface area contributed by atoms with E-state index in [1.165, 1.54) is 24.8 Å². The van der Waals surface area contributed by atoms with Gasteiger partial charge in [-0.3, -0.25) is 0 Å². The number of hydrogen-bond acceptors (Lipinski definition) is 3. The topological polar surface area (TPSA) is 24.5 Å². The van der Waals surface area contributed by atoms with E-state index < -0.39 is 0 Å². The summed E-state index contributed by atoms with van der Waals surface area (Å²) < 4.78 is 5.51. The van der Waals surface area contributed by atoms with Crippen LogP contribution in [0.25, 0.3) is 0 Å². The minimum atomic E-state index is 0.430. The molecule has 0 radical (unpaired) electrons. The van der Waals surface area contributed by atoms with Gasteiger partial charge in [0, 0.05) is 25.7 Å². The van der Waals surface area contributed by atoms with Crippen molar-refractivity contribution in [2.24, 2.45) is 0 Å². The van der Waals surface area contributed by atoms with Crippen LogP contribution in [0.3, 0.4) is 0 Å². The summed E-state index contributed by atoms with van der Waals surface area (Å²) in [6.45, 7) is 0.998. The third-order valence-electron chi connectivity index (χ3n) is 4.37. The Morgan fingerprint density at radius 2 is 2.00 bits per heavy atom. The van der Waals surface area contributed by atoms with Gasteiger partial charge >= 0.3 is 0 Å². The molecule has 2 rings (SSSR count). The predicted octanol–water partition coefficient (Wildman–Crippen LogP) is 2.84. The molecule has 0 spiro atoms. The molecule has 1 fully saturated rings. The average molecular weight is 276 g/mol. The number of methoxy groups -OCH3 is 1. The van der Waals surface area contributed by atoms with Gasteiger partial charge in [0.2, 0.25) is 0 Å². The highest BCUT2D eigenvalue weighted by Gasteiger charge is 2.23. The van der Waals surface area contributed by atoms with E-state index in [0.29, 0.717) is 18.2 Å². The molecule has 3 nitrogen and oxygen atoms in total. The second-order valence-corrected chi connectivity index (χ2v) is 6.02. The normalized spacial score (nSPS) is 24.8. The summed E-state index contributed by atoms with van der Waals surface area (Å²) in [6.07, 6.45) is 5.34. The van der Waals surface area contributed by atoms with Gasteiger partial charge < -0.3 is 15.0 Å². The number of nitrogens with one attached hydrogen (secondary N) is 1. The molecular formula is C17H28N2O. The van der Waals surface area contributed by atoms with Gasteiger partial charge in [-0.15, -0.1) is 0 Å². The van der Waals surface area contributed by atoms with Crippen molar-refractivity contribution in [2.75, 3.05) is 27.7 Å². The fourth-order valence-corrected chi connectivity index (χ4v) is 3.10. The van der Waals surface area contributed by atoms with Gasteiger partial charge in [0.25, 0.3) is 0 Å². The Morgan fingerprint density at radius 1 is 1.25 bits per heavy atom. The standard InChI is InChI=1S/C17H28N2O/c1-19(2)17(14-8-5-4-6-9-14)13-18-15-10-7-11-16(12-15)20-3/h4-6,8-9,15-18H,7,10-13H2,1-3H3. The number of likely N-dealkylation sites (N-methyl/N-ethyl adjacent to an activating group) is 1. The maximum Gasteiger partial charge on any atom is 0.0586 e. The highest BCUT2D eigenvalue weighted by atomic mass is 16.5. The van der Waals surface area contributed by atoms with Crippen LogP contribution in [0.5, 0.6) is 0 Å². The molecule has 0 bridgehead atoms. The molecule has 112 valence electrons. The van der Waals surface area contributed by atoms with E-state index in [2.05, 4.69) is 54.6 Å². The van der Waals surface area contributed by atoms with Crippen molar-refractivity contribution in [1.29, 1.82) is 0 Å². The van der Waals surface area contributed by atoms with Crippen LogP contribution in [0.1, 0.15) is 37.3 Å². The third kappa shape index (κ3) is 4.30. The van der Waals surface area contributed by atoms with Crippen molar-refractivity contribution in [3.63, 3.8) is 0 Å². The zero-order valence-electron chi connectivity index (χ0n) is 13.0. The predicted molar refractivity (Wildman–Crippen MR) is 83.9 cm³/mol. The molecule has 20 heavy (non-hydrogen) atoms. The van der Waals surface area contributed by atoms with E-state index in [1.54, 1.807) is 0 Å². The van der Waals surface area contributed by atoms with Gasteiger partial charge in [0.1, 0.15) is 0 Å². The number of benzene rings is 1. The van der Waals surface area contributed by atoms with Crippen molar-refractivity contribution in [1.82, 2.24) is 10.2 Å². The maximum atomic E-state index is 5.51. The van der Waals surface area contributed by atoms with E-state index in [1.807, 2.05) is 7.11 Å². The van der Waals surface area contributed by atoms with Crippen molar-refractivity contribution in [2.45, 2.75) is 43.9 Å². The summed E-state index contributed by atoms with van der Waals surface area (Å²) in [5.74, 6) is 0. The molecule has 3 unspecified atom stereocenters. The van der Waals surface area contributed by atoms with Crippen LogP contribution in [0.15, 0.2) is 30.3 Å². The molecule has 1 saturated carbocycles. The van der Waals surface area contributed by atoms with Gasteiger partial charge in [-0.2, -0.15) is 0 Å². The number of hydrogen-bond donors (Lipinski definition) is 1. The van der Waals surface area contributed by atoms with E-state index in [9.17, 15) is 0 Å². The number of rotatable bonds is 6. The summed E-state index contributed by atoms with van der Waals surface area (Å²) in [6, 6.07) is 11.8. The zero-order chi connectivity index (χ0) is 14.4. The van der Waals surface area contributed by atoms with Crippen LogP contribution in [-0.2, 0) is 4.74 Å². The molecule has 0 saturated heterocycles. The first-order valence-corrected chi connectivity index (χ1v) is 7.68. The molecular weight excluding hydrogens is 248 g/mol. The van der Waals surface area contributed by atoms with E-state index in [0.717, 1.165) is 13.0 Å². The highest BCUT2D eigenvalue weighted by molar-refractivity contribution is 5.19. The quantitative estimate of drug-likeness (QED) is 0.864. The van der Waals surface area contributed by atoms with Gasteiger partial charge in [0.05, 0.1) is 6.10 Å². The first-order chi connectivity index (χ1) is 9.70. The Balaban J connectivity index is 1.89. The summed E-state index contributed by atoms with van der Waals surface area (Å²) in [7, 11) is 6.13. The first kappa shape index (κ1) is 15.5. The van der Waals surface area contributed by atoms with Gasteiger partial charge in [0.15, 0.2) is 0 Å². The Labute approximate surface area is 123 Å². The smallest absolute Gasteiger partial charge is 0.0586 e. The maximum absolute atomic E-state index is 5.51. The average Bonchev–Trinajstić information content (AvgIpc) is 2.48. The lowest BCUT2D eigenvalue weighted by atomic mass is 9.92. The fraction of sp³-hybridized carbons (Fsp3) is 0.647. The van der Waals surface area contributed by atoms with Crippen molar-refractivity contribution in [3.8, 4) is 0 Å². The van der Waals surface area contributed by atoms with E-state index in [4.69, 9.17) is 4.74 Å². The second-order valence-electron chi connectivity index (χ2n) is 6.02. The van der Waals surface area contributed by atoms with Crippen LogP contribution in [0.4, 0.5) is 0 Å². The van der Waals surface area contributed by atoms with Crippen molar-refractivity contribution >= 4 is 0 Å². The Bertz CT molecular complexity index is 380. The van der Waals surface area contributed by atoms with Crippen molar-refractivity contribution < 1.29 is 4.74 Å². The first-order valence-electron chi connectivity index (χ1n) is 7.68. The fourth-order valence-electron chi connectivity index (χ4n) is 3.10.